The molecule has 4 heteroatoms. The molecule has 0 heterocycles. The summed E-state index contributed by atoms with van der Waals surface area (Å²) in [5.41, 5.74) is 3.95. The molecule has 3 aromatic carbocycles. The van der Waals surface area contributed by atoms with Gasteiger partial charge in [-0.3, -0.25) is 0 Å². The molecule has 26 heavy (non-hydrogen) atoms. The second-order valence-corrected chi connectivity index (χ2v) is 5.89. The zero-order valence-electron chi connectivity index (χ0n) is 15.6. The van der Waals surface area contributed by atoms with Crippen LogP contribution in [0.2, 0.25) is 0 Å². The molecule has 6 N–H and O–H groups in total. The molecule has 4 nitrogen and oxygen atoms in total. The monoisotopic (exact) mass is 354 g/mol. The third-order valence-electron chi connectivity index (χ3n) is 4.44. The minimum atomic E-state index is 0. The van der Waals surface area contributed by atoms with E-state index >= 15 is 0 Å². The van der Waals surface area contributed by atoms with Gasteiger partial charge in [0.25, 0.3) is 0 Å². The van der Waals surface area contributed by atoms with Crippen molar-refractivity contribution in [1.82, 2.24) is 10.6 Å². The van der Waals surface area contributed by atoms with Crippen molar-refractivity contribution in [3.05, 3.63) is 91.0 Å². The first-order valence-electron chi connectivity index (χ1n) is 8.43. The van der Waals surface area contributed by atoms with Crippen LogP contribution in [-0.2, 0) is 0 Å². The lowest BCUT2D eigenvalue weighted by Crippen LogP contribution is -2.39. The number of rotatable bonds is 6. The van der Waals surface area contributed by atoms with Crippen LogP contribution >= 0.6 is 0 Å². The molecule has 0 radical (unpaired) electrons. The van der Waals surface area contributed by atoms with Crippen LogP contribution in [0.5, 0.6) is 0 Å². The molecule has 140 valence electrons. The first-order chi connectivity index (χ1) is 11.4. The van der Waals surface area contributed by atoms with Crippen molar-refractivity contribution in [2.24, 2.45) is 0 Å². The molecule has 3 rings (SSSR count). The molecule has 0 aliphatic rings. The van der Waals surface area contributed by atoms with E-state index in [9.17, 15) is 0 Å². The molecule has 0 saturated carbocycles. The quantitative estimate of drug-likeness (QED) is 0.512. The Kier molecular flexibility index (Phi) is 10.1. The van der Waals surface area contributed by atoms with Crippen LogP contribution in [0.1, 0.15) is 19.8 Å². The Labute approximate surface area is 156 Å². The first-order valence-corrected chi connectivity index (χ1v) is 8.43. The van der Waals surface area contributed by atoms with Gasteiger partial charge in [-0.1, -0.05) is 67.9 Å². The van der Waals surface area contributed by atoms with Crippen molar-refractivity contribution < 1.29 is 11.0 Å². The molecule has 0 aliphatic heterocycles. The average molecular weight is 354 g/mol. The predicted octanol–water partition coefficient (Wildman–Crippen LogP) is 6.48. The third kappa shape index (κ3) is 4.56. The van der Waals surface area contributed by atoms with E-state index in [0.717, 1.165) is 11.0 Å². The summed E-state index contributed by atoms with van der Waals surface area (Å²) >= 11 is 0. The van der Waals surface area contributed by atoms with Gasteiger partial charge in [0.1, 0.15) is 17.1 Å². The second-order valence-electron chi connectivity index (χ2n) is 5.89. The zero-order valence-corrected chi connectivity index (χ0v) is 15.6. The smallest absolute Gasteiger partial charge is 0.143 e. The van der Waals surface area contributed by atoms with Crippen LogP contribution in [0.15, 0.2) is 91.0 Å². The van der Waals surface area contributed by atoms with Crippen molar-refractivity contribution in [2.75, 3.05) is 6.54 Å². The highest BCUT2D eigenvalue weighted by atomic mass is 16.0. The van der Waals surface area contributed by atoms with Gasteiger partial charge in [0, 0.05) is 0 Å². The lowest BCUT2D eigenvalue weighted by atomic mass is 10.1. The van der Waals surface area contributed by atoms with Crippen molar-refractivity contribution in [1.29, 1.82) is 0 Å². The Morgan fingerprint density at radius 1 is 0.577 bits per heavy atom. The highest BCUT2D eigenvalue weighted by Gasteiger charge is 2.35. The van der Waals surface area contributed by atoms with Crippen molar-refractivity contribution >= 4 is 17.1 Å². The van der Waals surface area contributed by atoms with E-state index in [0.29, 0.717) is 0 Å². The van der Waals surface area contributed by atoms with E-state index in [4.69, 9.17) is 0 Å². The molecular weight excluding hydrogens is 324 g/mol. The number of unbranched alkanes of at least 4 members (excludes halogenated alkanes) is 1. The molecule has 0 bridgehead atoms. The van der Waals surface area contributed by atoms with Crippen molar-refractivity contribution in [3.8, 4) is 0 Å². The SMILES string of the molecule is CCCC[N+](c1ccccc1)(c1ccccc1)c1ccccc1.[NH4+].[OH-].[OH-]. The zero-order chi connectivity index (χ0) is 16.0. The predicted molar refractivity (Wildman–Crippen MR) is 110 cm³/mol. The summed E-state index contributed by atoms with van der Waals surface area (Å²) in [7, 11) is 0. The third-order valence-corrected chi connectivity index (χ3v) is 4.44. The molecule has 0 aromatic heterocycles. The largest absolute Gasteiger partial charge is 0.870 e. The maximum atomic E-state index is 2.26. The summed E-state index contributed by atoms with van der Waals surface area (Å²) in [6.45, 7) is 3.32. The van der Waals surface area contributed by atoms with Gasteiger partial charge in [0.05, 0.1) is 6.54 Å². The Morgan fingerprint density at radius 2 is 0.885 bits per heavy atom. The van der Waals surface area contributed by atoms with Gasteiger partial charge in [-0.2, -0.15) is 0 Å². The molecule has 0 unspecified atom stereocenters. The lowest BCUT2D eigenvalue weighted by Gasteiger charge is -2.37. The molecular formula is C22H30N2O2. The number of benzene rings is 3. The van der Waals surface area contributed by atoms with E-state index in [1.165, 1.54) is 29.9 Å². The first kappa shape index (κ1) is 23.5. The van der Waals surface area contributed by atoms with Crippen LogP contribution in [0.25, 0.3) is 0 Å². The van der Waals surface area contributed by atoms with E-state index in [-0.39, 0.29) is 17.1 Å². The van der Waals surface area contributed by atoms with Crippen LogP contribution in [0, 0.1) is 0 Å². The lowest BCUT2D eigenvalue weighted by molar-refractivity contribution is 0.495. The van der Waals surface area contributed by atoms with Crippen molar-refractivity contribution in [3.63, 3.8) is 0 Å². The number of hydrogen-bond donors (Lipinski definition) is 1. The molecule has 0 aliphatic carbocycles. The number of para-hydroxylation sites is 3. The van der Waals surface area contributed by atoms with Gasteiger partial charge < -0.3 is 17.1 Å². The summed E-state index contributed by atoms with van der Waals surface area (Å²) in [6, 6.07) is 32.6. The van der Waals surface area contributed by atoms with Crippen LogP contribution in [-0.4, -0.2) is 17.5 Å². The summed E-state index contributed by atoms with van der Waals surface area (Å²) in [5, 5.41) is 0. The molecule has 0 spiro atoms. The normalized spacial score (nSPS) is 10.0. The average Bonchev–Trinajstić information content (AvgIpc) is 2.65. The fourth-order valence-electron chi connectivity index (χ4n) is 3.28. The maximum Gasteiger partial charge on any atom is 0.143 e. The number of nitrogens with zero attached hydrogens (tertiary/aromatic N) is 1. The second kappa shape index (κ2) is 11.2. The van der Waals surface area contributed by atoms with E-state index in [1.807, 2.05) is 0 Å². The Balaban J connectivity index is 0.00000208. The van der Waals surface area contributed by atoms with Crippen LogP contribution in [0.3, 0.4) is 0 Å². The molecule has 0 amide bonds. The summed E-state index contributed by atoms with van der Waals surface area (Å²) in [5.74, 6) is 0. The van der Waals surface area contributed by atoms with Crippen molar-refractivity contribution in [2.45, 2.75) is 19.8 Å². The van der Waals surface area contributed by atoms with Gasteiger partial charge in [0.15, 0.2) is 0 Å². The van der Waals surface area contributed by atoms with Gasteiger partial charge in [-0.15, -0.1) is 0 Å². The minimum Gasteiger partial charge on any atom is -0.870 e. The van der Waals surface area contributed by atoms with Gasteiger partial charge in [-0.05, 0) is 42.8 Å². The summed E-state index contributed by atoms with van der Waals surface area (Å²) < 4.78 is 0.774. The molecule has 0 atom stereocenters. The summed E-state index contributed by atoms with van der Waals surface area (Å²) in [4.78, 5) is 0. The van der Waals surface area contributed by atoms with E-state index < -0.39 is 0 Å². The maximum absolute atomic E-state index is 2.26. The Morgan fingerprint density at radius 3 is 1.15 bits per heavy atom. The van der Waals surface area contributed by atoms with Gasteiger partial charge >= 0.3 is 0 Å². The molecule has 3 aromatic rings. The topological polar surface area (TPSA) is 96.5 Å². The van der Waals surface area contributed by atoms with E-state index in [2.05, 4.69) is 97.9 Å². The Hall–Kier alpha value is -2.50. The Bertz CT molecular complexity index is 622. The fourth-order valence-corrected chi connectivity index (χ4v) is 3.28. The standard InChI is InChI=1S/C22H24N.H3N.2H2O/c1-2-3-19-23(20-13-7-4-8-14-20,21-15-9-5-10-16-21)22-17-11-6-12-18-22;;;/h4-18H,2-3,19H2,1H3;1H3;2*1H2/q+1;;;/p-1. The van der Waals surface area contributed by atoms with Crippen LogP contribution < -0.4 is 10.6 Å². The molecule has 0 saturated heterocycles. The highest BCUT2D eigenvalue weighted by molar-refractivity contribution is 5.70. The summed E-state index contributed by atoms with van der Waals surface area (Å²) in [6.07, 6.45) is 2.37. The highest BCUT2D eigenvalue weighted by Crippen LogP contribution is 2.43. The number of quaternary nitrogens is 2. The van der Waals surface area contributed by atoms with Gasteiger partial charge in [0.2, 0.25) is 0 Å². The fraction of sp³-hybridized carbons (Fsp3) is 0.182. The number of hydrogen-bond acceptors (Lipinski definition) is 2. The van der Waals surface area contributed by atoms with Gasteiger partial charge in [-0.25, -0.2) is 4.48 Å². The van der Waals surface area contributed by atoms with Crippen LogP contribution in [0.4, 0.5) is 17.1 Å². The van der Waals surface area contributed by atoms with E-state index in [1.54, 1.807) is 0 Å². The molecule has 0 fully saturated rings. The minimum absolute atomic E-state index is 0.